The van der Waals surface area contributed by atoms with Crippen LogP contribution in [0.1, 0.15) is 44.5 Å². The Bertz CT molecular complexity index is 296. The summed E-state index contributed by atoms with van der Waals surface area (Å²) >= 11 is 0. The van der Waals surface area contributed by atoms with E-state index in [-0.39, 0.29) is 6.04 Å². The number of aromatic nitrogens is 2. The van der Waals surface area contributed by atoms with Gasteiger partial charge >= 0.3 is 0 Å². The second kappa shape index (κ2) is 5.46. The second-order valence-corrected chi connectivity index (χ2v) is 4.75. The van der Waals surface area contributed by atoms with E-state index in [9.17, 15) is 0 Å². The minimum Gasteiger partial charge on any atom is -0.347 e. The maximum atomic E-state index is 5.82. The number of nitrogens with one attached hydrogen (secondary N) is 2. The van der Waals surface area contributed by atoms with Crippen LogP contribution in [0.15, 0.2) is 12.4 Å². The molecular formula is C12H22N4. The van der Waals surface area contributed by atoms with Crippen LogP contribution >= 0.6 is 0 Å². The number of aromatic amines is 1. The summed E-state index contributed by atoms with van der Waals surface area (Å²) in [5, 5.41) is 3.65. The molecule has 1 aromatic heterocycles. The van der Waals surface area contributed by atoms with Gasteiger partial charge in [-0.1, -0.05) is 12.8 Å². The van der Waals surface area contributed by atoms with Crippen LogP contribution < -0.4 is 11.1 Å². The standard InChI is InChI=1S/C12H22N4/c1-9(12-14-6-7-15-12)16-11-5-3-2-4-10(11)8-13/h6-7,9-11,16H,2-5,8,13H2,1H3,(H,14,15). The predicted octanol–water partition coefficient (Wildman–Crippen LogP) is 1.58. The molecule has 1 heterocycles. The summed E-state index contributed by atoms with van der Waals surface area (Å²) in [6.07, 6.45) is 8.82. The highest BCUT2D eigenvalue weighted by Gasteiger charge is 2.25. The van der Waals surface area contributed by atoms with E-state index in [0.29, 0.717) is 12.0 Å². The van der Waals surface area contributed by atoms with E-state index in [2.05, 4.69) is 22.2 Å². The summed E-state index contributed by atoms with van der Waals surface area (Å²) < 4.78 is 0. The van der Waals surface area contributed by atoms with Crippen molar-refractivity contribution in [3.63, 3.8) is 0 Å². The third-order valence-electron chi connectivity index (χ3n) is 3.61. The van der Waals surface area contributed by atoms with Crippen molar-refractivity contribution < 1.29 is 0 Å². The minimum absolute atomic E-state index is 0.284. The lowest BCUT2D eigenvalue weighted by atomic mass is 9.84. The first-order valence-electron chi connectivity index (χ1n) is 6.26. The maximum absolute atomic E-state index is 5.82. The van der Waals surface area contributed by atoms with Gasteiger partial charge in [-0.05, 0) is 32.2 Å². The molecule has 16 heavy (non-hydrogen) atoms. The lowest BCUT2D eigenvalue weighted by Crippen LogP contribution is -2.43. The van der Waals surface area contributed by atoms with Crippen molar-refractivity contribution in [3.05, 3.63) is 18.2 Å². The van der Waals surface area contributed by atoms with Crippen LogP contribution in [0, 0.1) is 5.92 Å². The molecule has 0 bridgehead atoms. The number of imidazole rings is 1. The van der Waals surface area contributed by atoms with Gasteiger partial charge in [0.05, 0.1) is 6.04 Å². The highest BCUT2D eigenvalue weighted by molar-refractivity contribution is 4.96. The molecule has 0 spiro atoms. The number of rotatable bonds is 4. The summed E-state index contributed by atoms with van der Waals surface area (Å²) in [4.78, 5) is 7.44. The van der Waals surface area contributed by atoms with Gasteiger partial charge in [0.2, 0.25) is 0 Å². The molecule has 0 amide bonds. The van der Waals surface area contributed by atoms with E-state index in [1.54, 1.807) is 6.20 Å². The van der Waals surface area contributed by atoms with Crippen molar-refractivity contribution in [1.29, 1.82) is 0 Å². The van der Waals surface area contributed by atoms with E-state index in [1.807, 2.05) is 6.20 Å². The van der Waals surface area contributed by atoms with Crippen molar-refractivity contribution in [3.8, 4) is 0 Å². The Kier molecular flexibility index (Phi) is 3.96. The van der Waals surface area contributed by atoms with Crippen molar-refractivity contribution in [2.45, 2.75) is 44.7 Å². The summed E-state index contributed by atoms with van der Waals surface area (Å²) in [6, 6.07) is 0.839. The van der Waals surface area contributed by atoms with Crippen LogP contribution in [0.2, 0.25) is 0 Å². The lowest BCUT2D eigenvalue weighted by Gasteiger charge is -2.33. The number of H-pyrrole nitrogens is 1. The molecule has 1 aromatic rings. The van der Waals surface area contributed by atoms with Crippen LogP contribution in [0.4, 0.5) is 0 Å². The molecule has 3 unspecified atom stereocenters. The Labute approximate surface area is 97.0 Å². The Hall–Kier alpha value is -0.870. The van der Waals surface area contributed by atoms with Crippen molar-refractivity contribution in [2.75, 3.05) is 6.54 Å². The van der Waals surface area contributed by atoms with Gasteiger partial charge in [-0.2, -0.15) is 0 Å². The van der Waals surface area contributed by atoms with E-state index in [4.69, 9.17) is 5.73 Å². The molecule has 0 saturated heterocycles. The Morgan fingerprint density at radius 2 is 2.38 bits per heavy atom. The molecule has 0 radical (unpaired) electrons. The van der Waals surface area contributed by atoms with Crippen molar-refractivity contribution >= 4 is 0 Å². The fraction of sp³-hybridized carbons (Fsp3) is 0.750. The van der Waals surface area contributed by atoms with E-state index < -0.39 is 0 Å². The smallest absolute Gasteiger partial charge is 0.122 e. The summed E-state index contributed by atoms with van der Waals surface area (Å²) in [6.45, 7) is 2.95. The SMILES string of the molecule is CC(NC1CCCCC1CN)c1ncc[nH]1. The first kappa shape index (κ1) is 11.6. The Morgan fingerprint density at radius 3 is 3.06 bits per heavy atom. The zero-order valence-electron chi connectivity index (χ0n) is 9.95. The maximum Gasteiger partial charge on any atom is 0.122 e. The second-order valence-electron chi connectivity index (χ2n) is 4.75. The monoisotopic (exact) mass is 222 g/mol. The molecule has 4 nitrogen and oxygen atoms in total. The van der Waals surface area contributed by atoms with Gasteiger partial charge in [0.25, 0.3) is 0 Å². The fourth-order valence-electron chi connectivity index (χ4n) is 2.62. The van der Waals surface area contributed by atoms with E-state index in [1.165, 1.54) is 25.7 Å². The van der Waals surface area contributed by atoms with Crippen LogP contribution in [-0.4, -0.2) is 22.6 Å². The van der Waals surface area contributed by atoms with Crippen LogP contribution in [0.25, 0.3) is 0 Å². The summed E-state index contributed by atoms with van der Waals surface area (Å²) in [7, 11) is 0. The van der Waals surface area contributed by atoms with Crippen molar-refractivity contribution in [1.82, 2.24) is 15.3 Å². The first-order valence-corrected chi connectivity index (χ1v) is 6.26. The quantitative estimate of drug-likeness (QED) is 0.724. The normalized spacial score (nSPS) is 27.9. The number of nitrogens with zero attached hydrogens (tertiary/aromatic N) is 1. The molecular weight excluding hydrogens is 200 g/mol. The van der Waals surface area contributed by atoms with Gasteiger partial charge in [0.15, 0.2) is 0 Å². The largest absolute Gasteiger partial charge is 0.347 e. The first-order chi connectivity index (χ1) is 7.81. The molecule has 90 valence electrons. The molecule has 0 aliphatic heterocycles. The molecule has 3 atom stereocenters. The molecule has 0 aromatic carbocycles. The van der Waals surface area contributed by atoms with Crippen molar-refractivity contribution in [2.24, 2.45) is 11.7 Å². The minimum atomic E-state index is 0.284. The third kappa shape index (κ3) is 2.62. The average molecular weight is 222 g/mol. The molecule has 4 heteroatoms. The molecule has 1 fully saturated rings. The predicted molar refractivity (Wildman–Crippen MR) is 64.9 cm³/mol. The van der Waals surface area contributed by atoms with E-state index >= 15 is 0 Å². The van der Waals surface area contributed by atoms with Gasteiger partial charge in [0.1, 0.15) is 5.82 Å². The highest BCUT2D eigenvalue weighted by atomic mass is 15.0. The summed E-state index contributed by atoms with van der Waals surface area (Å²) in [5.74, 6) is 1.65. The van der Waals surface area contributed by atoms with Gasteiger partial charge in [-0.3, -0.25) is 0 Å². The van der Waals surface area contributed by atoms with Gasteiger partial charge in [-0.15, -0.1) is 0 Å². The zero-order valence-corrected chi connectivity index (χ0v) is 9.95. The fourth-order valence-corrected chi connectivity index (χ4v) is 2.62. The van der Waals surface area contributed by atoms with E-state index in [0.717, 1.165) is 12.4 Å². The van der Waals surface area contributed by atoms with Gasteiger partial charge in [0, 0.05) is 18.4 Å². The summed E-state index contributed by atoms with van der Waals surface area (Å²) in [5.41, 5.74) is 5.82. The molecule has 1 aliphatic carbocycles. The van der Waals surface area contributed by atoms with Crippen LogP contribution in [0.5, 0.6) is 0 Å². The Morgan fingerprint density at radius 1 is 1.56 bits per heavy atom. The average Bonchev–Trinajstić information content (AvgIpc) is 2.83. The molecule has 4 N–H and O–H groups in total. The van der Waals surface area contributed by atoms with Gasteiger partial charge < -0.3 is 16.0 Å². The van der Waals surface area contributed by atoms with Gasteiger partial charge in [-0.25, -0.2) is 4.98 Å². The van der Waals surface area contributed by atoms with Crippen LogP contribution in [-0.2, 0) is 0 Å². The third-order valence-corrected chi connectivity index (χ3v) is 3.61. The molecule has 1 saturated carbocycles. The lowest BCUT2D eigenvalue weighted by molar-refractivity contribution is 0.250. The number of nitrogens with two attached hydrogens (primary N) is 1. The highest BCUT2D eigenvalue weighted by Crippen LogP contribution is 2.25. The molecule has 1 aliphatic rings. The topological polar surface area (TPSA) is 66.7 Å². The number of hydrogen-bond acceptors (Lipinski definition) is 3. The Balaban J connectivity index is 1.92. The number of hydrogen-bond donors (Lipinski definition) is 3. The molecule has 2 rings (SSSR count). The zero-order chi connectivity index (χ0) is 11.4. The van der Waals surface area contributed by atoms with Crippen LogP contribution in [0.3, 0.4) is 0 Å².